The van der Waals surface area contributed by atoms with Crippen LogP contribution in [0.15, 0.2) is 42.6 Å². The van der Waals surface area contributed by atoms with Crippen molar-refractivity contribution in [3.63, 3.8) is 0 Å². The van der Waals surface area contributed by atoms with Crippen molar-refractivity contribution < 1.29 is 14.9 Å². The number of benzene rings is 1. The first-order chi connectivity index (χ1) is 17.9. The summed E-state index contributed by atoms with van der Waals surface area (Å²) in [7, 11) is 28.7. The van der Waals surface area contributed by atoms with Crippen molar-refractivity contribution >= 4 is 39.2 Å². The standard InChI is InChI=1S/C26H29B5N4O3/c1-16-10-21(33-35(16)20-7-8-23(32-12-20)26(29,30)31)17-5-6-18(22(11-17)38-24(27)28)13-34-9-3-4-19(14-34)25(2,37)15-36/h5-8,10-12,19,24,36-37H,3-4,9,13-15H2,1-2H3/t19?,25-/m1/s1. The predicted molar refractivity (Wildman–Crippen MR) is 152 cm³/mol. The summed E-state index contributed by atoms with van der Waals surface area (Å²) in [5, 5.41) is 23.4. The van der Waals surface area contributed by atoms with Gasteiger partial charge in [-0.1, -0.05) is 17.2 Å². The van der Waals surface area contributed by atoms with Crippen molar-refractivity contribution in [3.05, 3.63) is 59.5 Å². The van der Waals surface area contributed by atoms with E-state index in [1.807, 2.05) is 31.2 Å². The van der Waals surface area contributed by atoms with E-state index in [0.717, 1.165) is 47.6 Å². The number of hydrogen-bond donors (Lipinski definition) is 2. The maximum Gasteiger partial charge on any atom is 0.122 e. The number of pyridine rings is 1. The fraction of sp³-hybridized carbons (Fsp3) is 0.462. The number of aliphatic hydroxyl groups is 2. The molecule has 4 rings (SSSR count). The van der Waals surface area contributed by atoms with Gasteiger partial charge in [0.2, 0.25) is 0 Å². The Bertz CT molecular complexity index is 1240. The summed E-state index contributed by atoms with van der Waals surface area (Å²) in [6.07, 6.45) is 3.41. The Hall–Kier alpha value is -2.42. The highest BCUT2D eigenvalue weighted by atomic mass is 16.5. The summed E-state index contributed by atoms with van der Waals surface area (Å²) in [4.78, 5) is 6.52. The summed E-state index contributed by atoms with van der Waals surface area (Å²) in [6.45, 7) is 5.50. The van der Waals surface area contributed by atoms with E-state index in [1.165, 1.54) is 0 Å². The van der Waals surface area contributed by atoms with Gasteiger partial charge in [0, 0.05) is 47.4 Å². The molecule has 1 fully saturated rings. The molecule has 12 heteroatoms. The van der Waals surface area contributed by atoms with Crippen LogP contribution in [-0.4, -0.2) is 100 Å². The molecule has 3 heterocycles. The molecular weight excluding hydrogens is 470 g/mol. The third-order valence-corrected chi connectivity index (χ3v) is 7.05. The van der Waals surface area contributed by atoms with Crippen molar-refractivity contribution in [2.24, 2.45) is 5.92 Å². The first-order valence-corrected chi connectivity index (χ1v) is 12.6. The van der Waals surface area contributed by atoms with Crippen LogP contribution in [0.25, 0.3) is 16.9 Å². The van der Waals surface area contributed by atoms with Gasteiger partial charge in [0.15, 0.2) is 0 Å². The average molecular weight is 500 g/mol. The van der Waals surface area contributed by atoms with Gasteiger partial charge in [0.25, 0.3) is 0 Å². The summed E-state index contributed by atoms with van der Waals surface area (Å²) in [5.74, 6) is -0.443. The summed E-state index contributed by atoms with van der Waals surface area (Å²) in [5.41, 5.74) is 3.36. The summed E-state index contributed by atoms with van der Waals surface area (Å²) < 4.78 is 7.56. The molecule has 186 valence electrons. The minimum atomic E-state index is -1.52. The van der Waals surface area contributed by atoms with Gasteiger partial charge in [-0.15, -0.1) is 0 Å². The third kappa shape index (κ3) is 6.59. The number of likely N-dealkylation sites (tertiary alicyclic amines) is 1. The lowest BCUT2D eigenvalue weighted by Crippen LogP contribution is -2.47. The maximum absolute atomic E-state index is 10.6. The Kier molecular flexibility index (Phi) is 8.55. The van der Waals surface area contributed by atoms with Crippen LogP contribution in [0.1, 0.15) is 36.7 Å². The highest BCUT2D eigenvalue weighted by Crippen LogP contribution is 2.32. The molecule has 1 saturated heterocycles. The lowest BCUT2D eigenvalue weighted by atomic mass is 9.41. The van der Waals surface area contributed by atoms with Crippen molar-refractivity contribution in [2.45, 2.75) is 49.9 Å². The van der Waals surface area contributed by atoms with Gasteiger partial charge in [0.1, 0.15) is 21.4 Å². The number of aliphatic hydroxyl groups excluding tert-OH is 1. The minimum absolute atomic E-state index is 0.0203. The molecule has 1 unspecified atom stereocenters. The van der Waals surface area contributed by atoms with E-state index in [9.17, 15) is 10.2 Å². The van der Waals surface area contributed by atoms with Crippen LogP contribution in [0.4, 0.5) is 0 Å². The first-order valence-electron chi connectivity index (χ1n) is 12.6. The summed E-state index contributed by atoms with van der Waals surface area (Å²) >= 11 is 0. The molecule has 7 nitrogen and oxygen atoms in total. The molecule has 3 aromatic rings. The van der Waals surface area contributed by atoms with Gasteiger partial charge < -0.3 is 14.9 Å². The van der Waals surface area contributed by atoms with E-state index < -0.39 is 16.6 Å². The minimum Gasteiger partial charge on any atom is -0.510 e. The van der Waals surface area contributed by atoms with Crippen LogP contribution in [0.5, 0.6) is 5.75 Å². The van der Waals surface area contributed by atoms with Crippen LogP contribution in [-0.2, 0) is 11.7 Å². The predicted octanol–water partition coefficient (Wildman–Crippen LogP) is 0.813. The number of rotatable bonds is 9. The largest absolute Gasteiger partial charge is 0.510 e. The van der Waals surface area contributed by atoms with Crippen molar-refractivity contribution in [1.29, 1.82) is 0 Å². The number of ether oxygens (including phenoxy) is 1. The number of aromatic nitrogens is 3. The molecule has 2 aromatic heterocycles. The second kappa shape index (κ2) is 11.4. The zero-order valence-corrected chi connectivity index (χ0v) is 21.9. The fourth-order valence-electron chi connectivity index (χ4n) is 4.82. The Morgan fingerprint density at radius 1 is 1.16 bits per heavy atom. The monoisotopic (exact) mass is 500 g/mol. The molecule has 0 spiro atoms. The maximum atomic E-state index is 10.6. The molecule has 0 aliphatic carbocycles. The molecule has 0 bridgehead atoms. The second-order valence-corrected chi connectivity index (χ2v) is 10.4. The molecule has 2 N–H and O–H groups in total. The van der Waals surface area contributed by atoms with Crippen LogP contribution in [0, 0.1) is 12.8 Å². The van der Waals surface area contributed by atoms with E-state index >= 15 is 0 Å². The zero-order chi connectivity index (χ0) is 27.7. The number of piperidine rings is 1. The van der Waals surface area contributed by atoms with Gasteiger partial charge in [-0.2, -0.15) is 5.10 Å². The van der Waals surface area contributed by atoms with E-state index in [1.54, 1.807) is 29.9 Å². The molecule has 2 atom stereocenters. The van der Waals surface area contributed by atoms with Crippen LogP contribution in [0.3, 0.4) is 0 Å². The normalized spacial score (nSPS) is 18.4. The van der Waals surface area contributed by atoms with Gasteiger partial charge in [-0.3, -0.25) is 9.88 Å². The SMILES string of the molecule is [B]C([B])Oc1cc(-c2cc(C)n(-c3ccc(C([B])([B])[B])nc3)n2)ccc1CN1CCCC([C@](C)(O)CO)C1. The topological polar surface area (TPSA) is 83.6 Å². The average Bonchev–Trinajstić information content (AvgIpc) is 3.26. The lowest BCUT2D eigenvalue weighted by molar-refractivity contribution is -0.0697. The highest BCUT2D eigenvalue weighted by Gasteiger charge is 2.34. The van der Waals surface area contributed by atoms with Gasteiger partial charge in [0.05, 0.1) is 53.3 Å². The molecule has 1 aliphatic heterocycles. The van der Waals surface area contributed by atoms with Crippen molar-refractivity contribution in [2.75, 3.05) is 19.7 Å². The first kappa shape index (κ1) is 28.6. The number of nitrogens with zero attached hydrogens (tertiary/aromatic N) is 4. The van der Waals surface area contributed by atoms with Crippen molar-refractivity contribution in [3.8, 4) is 22.7 Å². The van der Waals surface area contributed by atoms with Gasteiger partial charge in [-0.25, -0.2) is 4.68 Å². The van der Waals surface area contributed by atoms with Crippen LogP contribution >= 0.6 is 0 Å². The van der Waals surface area contributed by atoms with E-state index in [2.05, 4.69) is 9.88 Å². The zero-order valence-electron chi connectivity index (χ0n) is 21.9. The molecule has 1 aliphatic rings. The number of hydrogen-bond acceptors (Lipinski definition) is 6. The molecule has 0 amide bonds. The quantitative estimate of drug-likeness (QED) is 0.424. The highest BCUT2D eigenvalue weighted by molar-refractivity contribution is 6.58. The third-order valence-electron chi connectivity index (χ3n) is 7.05. The molecule has 38 heavy (non-hydrogen) atoms. The van der Waals surface area contributed by atoms with E-state index in [4.69, 9.17) is 49.1 Å². The van der Waals surface area contributed by atoms with E-state index in [-0.39, 0.29) is 12.5 Å². The molecular formula is C26H29B5N4O3. The van der Waals surface area contributed by atoms with Crippen molar-refractivity contribution in [1.82, 2.24) is 19.7 Å². The number of aryl methyl sites for hydroxylation is 1. The Labute approximate surface area is 231 Å². The van der Waals surface area contributed by atoms with Crippen LogP contribution in [0.2, 0.25) is 0 Å². The van der Waals surface area contributed by atoms with Crippen LogP contribution < -0.4 is 4.74 Å². The van der Waals surface area contributed by atoms with Gasteiger partial charge >= 0.3 is 0 Å². The Morgan fingerprint density at radius 3 is 2.55 bits per heavy atom. The summed E-state index contributed by atoms with van der Waals surface area (Å²) in [6, 6.07) is 11.3. The molecule has 1 aromatic carbocycles. The fourth-order valence-corrected chi connectivity index (χ4v) is 4.82. The molecule has 10 radical (unpaired) electrons. The van der Waals surface area contributed by atoms with Gasteiger partial charge in [-0.05, 0) is 57.5 Å². The van der Waals surface area contributed by atoms with E-state index in [0.29, 0.717) is 24.5 Å². The Balaban J connectivity index is 1.58. The Morgan fingerprint density at radius 2 is 1.92 bits per heavy atom. The second-order valence-electron chi connectivity index (χ2n) is 10.4. The lowest BCUT2D eigenvalue weighted by Gasteiger charge is -2.39. The smallest absolute Gasteiger partial charge is 0.122 e. The molecule has 0 saturated carbocycles.